The molecule has 4 nitrogen and oxygen atoms in total. The lowest BCUT2D eigenvalue weighted by atomic mass is 10.00. The van der Waals surface area contributed by atoms with E-state index in [1.54, 1.807) is 18.2 Å². The van der Waals surface area contributed by atoms with Gasteiger partial charge < -0.3 is 15.2 Å². The molecule has 0 aliphatic heterocycles. The van der Waals surface area contributed by atoms with E-state index < -0.39 is 6.10 Å². The van der Waals surface area contributed by atoms with Gasteiger partial charge in [-0.1, -0.05) is 50.2 Å². The zero-order chi connectivity index (χ0) is 17.5. The number of amides is 1. The molecule has 2 rings (SSSR count). The number of carbonyl (C=O) groups is 1. The fourth-order valence-corrected chi connectivity index (χ4v) is 2.44. The first-order valence-electron chi connectivity index (χ1n) is 8.30. The Morgan fingerprint density at radius 3 is 2.33 bits per heavy atom. The van der Waals surface area contributed by atoms with E-state index in [4.69, 9.17) is 4.74 Å². The molecule has 0 aliphatic rings. The molecule has 0 heterocycles. The average Bonchev–Trinajstić information content (AvgIpc) is 2.60. The molecule has 2 aromatic carbocycles. The number of aliphatic hydroxyl groups is 1. The van der Waals surface area contributed by atoms with Crippen LogP contribution in [0.2, 0.25) is 0 Å². The highest BCUT2D eigenvalue weighted by atomic mass is 16.5. The predicted octanol–water partition coefficient (Wildman–Crippen LogP) is 3.67. The van der Waals surface area contributed by atoms with E-state index in [1.165, 1.54) is 5.56 Å². The van der Waals surface area contributed by atoms with Gasteiger partial charge in [-0.3, -0.25) is 4.79 Å². The SMILES string of the molecule is CCOc1ccccc1C(=O)NCC(O)c1ccc(C(C)C)cc1. The van der Waals surface area contributed by atoms with E-state index in [0.29, 0.717) is 23.8 Å². The minimum absolute atomic E-state index is 0.153. The van der Waals surface area contributed by atoms with Crippen molar-refractivity contribution >= 4 is 5.91 Å². The Hall–Kier alpha value is -2.33. The van der Waals surface area contributed by atoms with Gasteiger partial charge in [0.25, 0.3) is 5.91 Å². The molecule has 0 saturated heterocycles. The number of carbonyl (C=O) groups excluding carboxylic acids is 1. The predicted molar refractivity (Wildman–Crippen MR) is 95.4 cm³/mol. The number of hydrogen-bond acceptors (Lipinski definition) is 3. The summed E-state index contributed by atoms with van der Waals surface area (Å²) in [5.74, 6) is 0.746. The van der Waals surface area contributed by atoms with Crippen LogP contribution >= 0.6 is 0 Å². The fourth-order valence-electron chi connectivity index (χ4n) is 2.44. The van der Waals surface area contributed by atoms with Crippen molar-refractivity contribution in [1.29, 1.82) is 0 Å². The Kier molecular flexibility index (Phi) is 6.38. The highest BCUT2D eigenvalue weighted by Gasteiger charge is 2.14. The van der Waals surface area contributed by atoms with Crippen LogP contribution < -0.4 is 10.1 Å². The van der Waals surface area contributed by atoms with Gasteiger partial charge in [0.1, 0.15) is 5.75 Å². The van der Waals surface area contributed by atoms with Crippen molar-refractivity contribution in [3.63, 3.8) is 0 Å². The van der Waals surface area contributed by atoms with Gasteiger partial charge in [-0.15, -0.1) is 0 Å². The number of hydrogen-bond donors (Lipinski definition) is 2. The number of benzene rings is 2. The molecule has 128 valence electrons. The third-order valence-electron chi connectivity index (χ3n) is 3.88. The maximum Gasteiger partial charge on any atom is 0.255 e. The van der Waals surface area contributed by atoms with E-state index in [1.807, 2.05) is 37.3 Å². The Bertz CT molecular complexity index is 665. The van der Waals surface area contributed by atoms with Crippen molar-refractivity contribution in [2.24, 2.45) is 0 Å². The lowest BCUT2D eigenvalue weighted by Crippen LogP contribution is -2.28. The molecule has 0 saturated carbocycles. The van der Waals surface area contributed by atoms with Crippen LogP contribution in [0.25, 0.3) is 0 Å². The van der Waals surface area contributed by atoms with E-state index in [9.17, 15) is 9.90 Å². The summed E-state index contributed by atoms with van der Waals surface area (Å²) >= 11 is 0. The second-order valence-corrected chi connectivity index (χ2v) is 5.98. The molecule has 24 heavy (non-hydrogen) atoms. The molecule has 0 radical (unpaired) electrons. The molecule has 1 unspecified atom stereocenters. The summed E-state index contributed by atoms with van der Waals surface area (Å²) in [4.78, 5) is 12.3. The van der Waals surface area contributed by atoms with Gasteiger partial charge in [0.15, 0.2) is 0 Å². The number of ether oxygens (including phenoxy) is 1. The highest BCUT2D eigenvalue weighted by molar-refractivity contribution is 5.96. The van der Waals surface area contributed by atoms with Crippen molar-refractivity contribution in [2.45, 2.75) is 32.8 Å². The van der Waals surface area contributed by atoms with Crippen LogP contribution in [0.5, 0.6) is 5.75 Å². The van der Waals surface area contributed by atoms with E-state index in [2.05, 4.69) is 19.2 Å². The second kappa shape index (κ2) is 8.50. The fraction of sp³-hybridized carbons (Fsp3) is 0.350. The van der Waals surface area contributed by atoms with Gasteiger partial charge in [0.05, 0.1) is 18.3 Å². The Morgan fingerprint density at radius 2 is 1.71 bits per heavy atom. The molecule has 0 aliphatic carbocycles. The first kappa shape index (κ1) is 18.0. The van der Waals surface area contributed by atoms with Crippen LogP contribution in [-0.2, 0) is 0 Å². The number of para-hydroxylation sites is 1. The summed E-state index contributed by atoms with van der Waals surface area (Å²) < 4.78 is 5.46. The summed E-state index contributed by atoms with van der Waals surface area (Å²) in [6, 6.07) is 14.9. The van der Waals surface area contributed by atoms with Crippen molar-refractivity contribution in [3.8, 4) is 5.75 Å². The second-order valence-electron chi connectivity index (χ2n) is 5.98. The Balaban J connectivity index is 1.98. The Labute approximate surface area is 143 Å². The van der Waals surface area contributed by atoms with Gasteiger partial charge >= 0.3 is 0 Å². The summed E-state index contributed by atoms with van der Waals surface area (Å²) in [5.41, 5.74) is 2.49. The molecule has 1 atom stereocenters. The van der Waals surface area contributed by atoms with E-state index in [0.717, 1.165) is 5.56 Å². The van der Waals surface area contributed by atoms with Crippen molar-refractivity contribution < 1.29 is 14.6 Å². The number of nitrogens with one attached hydrogen (secondary N) is 1. The first-order chi connectivity index (χ1) is 11.5. The zero-order valence-corrected chi connectivity index (χ0v) is 14.5. The highest BCUT2D eigenvalue weighted by Crippen LogP contribution is 2.20. The third kappa shape index (κ3) is 4.59. The average molecular weight is 327 g/mol. The zero-order valence-electron chi connectivity index (χ0n) is 14.5. The Morgan fingerprint density at radius 1 is 1.08 bits per heavy atom. The molecule has 0 bridgehead atoms. The van der Waals surface area contributed by atoms with Gasteiger partial charge in [-0.05, 0) is 36.1 Å². The summed E-state index contributed by atoms with van der Waals surface area (Å²) in [6.07, 6.45) is -0.741. The van der Waals surface area contributed by atoms with Crippen LogP contribution in [0.3, 0.4) is 0 Å². The number of aliphatic hydroxyl groups excluding tert-OH is 1. The molecule has 1 amide bonds. The lowest BCUT2D eigenvalue weighted by molar-refractivity contribution is 0.0912. The lowest BCUT2D eigenvalue weighted by Gasteiger charge is -2.15. The van der Waals surface area contributed by atoms with Gasteiger partial charge in [0.2, 0.25) is 0 Å². The van der Waals surface area contributed by atoms with E-state index in [-0.39, 0.29) is 12.5 Å². The molecular formula is C20H25NO3. The molecular weight excluding hydrogens is 302 g/mol. The standard InChI is InChI=1S/C20H25NO3/c1-4-24-19-8-6-5-7-17(19)20(23)21-13-18(22)16-11-9-15(10-12-16)14(2)3/h5-12,14,18,22H,4,13H2,1-3H3,(H,21,23). The summed E-state index contributed by atoms with van der Waals surface area (Å²) in [6.45, 7) is 6.78. The van der Waals surface area contributed by atoms with Crippen molar-refractivity contribution in [1.82, 2.24) is 5.32 Å². The van der Waals surface area contributed by atoms with Crippen LogP contribution in [0.15, 0.2) is 48.5 Å². The minimum Gasteiger partial charge on any atom is -0.493 e. The van der Waals surface area contributed by atoms with Crippen molar-refractivity contribution in [3.05, 3.63) is 65.2 Å². The maximum absolute atomic E-state index is 12.3. The first-order valence-corrected chi connectivity index (χ1v) is 8.30. The molecule has 0 aromatic heterocycles. The molecule has 2 N–H and O–H groups in total. The molecule has 0 spiro atoms. The van der Waals surface area contributed by atoms with Crippen LogP contribution in [0, 0.1) is 0 Å². The molecule has 0 fully saturated rings. The van der Waals surface area contributed by atoms with Crippen LogP contribution in [-0.4, -0.2) is 24.2 Å². The van der Waals surface area contributed by atoms with Crippen molar-refractivity contribution in [2.75, 3.05) is 13.2 Å². The maximum atomic E-state index is 12.3. The largest absolute Gasteiger partial charge is 0.493 e. The summed E-state index contributed by atoms with van der Waals surface area (Å²) in [7, 11) is 0. The van der Waals surface area contributed by atoms with E-state index >= 15 is 0 Å². The smallest absolute Gasteiger partial charge is 0.255 e. The van der Waals surface area contributed by atoms with Gasteiger partial charge in [-0.25, -0.2) is 0 Å². The minimum atomic E-state index is -0.741. The van der Waals surface area contributed by atoms with Crippen LogP contribution in [0.4, 0.5) is 0 Å². The quantitative estimate of drug-likeness (QED) is 0.816. The van der Waals surface area contributed by atoms with Gasteiger partial charge in [-0.2, -0.15) is 0 Å². The molecule has 2 aromatic rings. The summed E-state index contributed by atoms with van der Waals surface area (Å²) in [5, 5.41) is 13.0. The third-order valence-corrected chi connectivity index (χ3v) is 3.88. The number of rotatable bonds is 7. The van der Waals surface area contributed by atoms with Gasteiger partial charge in [0, 0.05) is 6.54 Å². The molecule has 4 heteroatoms. The topological polar surface area (TPSA) is 58.6 Å². The van der Waals surface area contributed by atoms with Crippen LogP contribution in [0.1, 0.15) is 54.3 Å². The normalized spacial score (nSPS) is 12.0. The monoisotopic (exact) mass is 327 g/mol.